The Balaban J connectivity index is 0. The van der Waals surface area contributed by atoms with Gasteiger partial charge < -0.3 is 0 Å². The molecule has 0 radical (unpaired) electrons. The second kappa shape index (κ2) is 11.1. The first kappa shape index (κ1) is 22.7. The SMILES string of the molecule is CC1=[C-]CC(C)=C1.CC1=[C-]CC(C)=C1.C[Si](C)(Cl)Cl.[Ti+2]. The number of rotatable bonds is 0. The third kappa shape index (κ3) is 16.5. The van der Waals surface area contributed by atoms with Gasteiger partial charge in [0.15, 0.2) is 0 Å². The van der Waals surface area contributed by atoms with Crippen LogP contribution >= 0.6 is 22.2 Å². The maximum atomic E-state index is 5.43. The Labute approximate surface area is 150 Å². The molecule has 4 heteroatoms. The first-order valence-corrected chi connectivity index (χ1v) is 11.5. The van der Waals surface area contributed by atoms with Crippen molar-refractivity contribution in [2.45, 2.75) is 53.6 Å². The van der Waals surface area contributed by atoms with Crippen LogP contribution in [0.2, 0.25) is 13.1 Å². The predicted molar refractivity (Wildman–Crippen MR) is 90.8 cm³/mol. The third-order valence-electron chi connectivity index (χ3n) is 2.22. The zero-order chi connectivity index (χ0) is 15.1. The van der Waals surface area contributed by atoms with E-state index in [4.69, 9.17) is 22.2 Å². The second-order valence-electron chi connectivity index (χ2n) is 5.38. The Kier molecular flexibility index (Phi) is 12.6. The normalized spacial score (nSPS) is 16.4. The summed E-state index contributed by atoms with van der Waals surface area (Å²) in [4.78, 5) is 0. The van der Waals surface area contributed by atoms with Crippen LogP contribution in [0.25, 0.3) is 0 Å². The van der Waals surface area contributed by atoms with Crippen LogP contribution in [0.3, 0.4) is 0 Å². The van der Waals surface area contributed by atoms with Gasteiger partial charge in [0, 0.05) is 0 Å². The first-order chi connectivity index (χ1) is 8.58. The van der Waals surface area contributed by atoms with Crippen LogP contribution < -0.4 is 0 Å². The molecule has 0 unspecified atom stereocenters. The van der Waals surface area contributed by atoms with Crippen molar-refractivity contribution < 1.29 is 21.7 Å². The van der Waals surface area contributed by atoms with E-state index in [0.717, 1.165) is 12.8 Å². The van der Waals surface area contributed by atoms with Crippen molar-refractivity contribution in [3.05, 3.63) is 46.6 Å². The van der Waals surface area contributed by atoms with Gasteiger partial charge in [-0.15, -0.1) is 35.0 Å². The van der Waals surface area contributed by atoms with E-state index >= 15 is 0 Å². The average molecular weight is 363 g/mol. The smallest absolute Gasteiger partial charge is 0.270 e. The van der Waals surface area contributed by atoms with Crippen molar-refractivity contribution in [3.63, 3.8) is 0 Å². The summed E-state index contributed by atoms with van der Waals surface area (Å²) in [6.45, 7) is 10.5. The number of allylic oxidation sites excluding steroid dienone is 8. The maximum Gasteiger partial charge on any atom is 2.00 e. The summed E-state index contributed by atoms with van der Waals surface area (Å²) >= 11 is 10.9. The largest absolute Gasteiger partial charge is 2.00 e. The summed E-state index contributed by atoms with van der Waals surface area (Å²) in [5, 5.41) is 0. The minimum absolute atomic E-state index is 0. The molecule has 0 fully saturated rings. The van der Waals surface area contributed by atoms with Crippen LogP contribution in [0.5, 0.6) is 0 Å². The van der Waals surface area contributed by atoms with Crippen LogP contribution in [-0.4, -0.2) is 6.69 Å². The predicted octanol–water partition coefficient (Wildman–Crippen LogP) is 6.34. The summed E-state index contributed by atoms with van der Waals surface area (Å²) < 4.78 is 0. The van der Waals surface area contributed by atoms with E-state index in [1.54, 1.807) is 0 Å². The van der Waals surface area contributed by atoms with Gasteiger partial charge in [-0.1, -0.05) is 27.7 Å². The monoisotopic (exact) mass is 362 g/mol. The second-order valence-corrected chi connectivity index (χ2v) is 14.3. The number of hydrogen-bond donors (Lipinski definition) is 0. The zero-order valence-corrected chi connectivity index (χ0v) is 17.4. The first-order valence-electron chi connectivity index (χ1n) is 6.45. The van der Waals surface area contributed by atoms with Crippen LogP contribution in [0, 0.1) is 12.2 Å². The summed E-state index contributed by atoms with van der Waals surface area (Å²) in [6.07, 6.45) is 12.8. The Bertz CT molecular complexity index is 373. The molecular formula is C16H24Cl2SiTi. The van der Waals surface area contributed by atoms with E-state index in [0.29, 0.717) is 0 Å². The summed E-state index contributed by atoms with van der Waals surface area (Å²) in [7, 11) is 0. The Hall–Kier alpha value is 0.471. The van der Waals surface area contributed by atoms with Gasteiger partial charge in [0.25, 0.3) is 0 Å². The van der Waals surface area contributed by atoms with E-state index in [-0.39, 0.29) is 21.7 Å². The fraction of sp³-hybridized carbons (Fsp3) is 0.500. The molecule has 0 saturated heterocycles. The van der Waals surface area contributed by atoms with Crippen molar-refractivity contribution in [3.8, 4) is 0 Å². The van der Waals surface area contributed by atoms with Gasteiger partial charge in [0.1, 0.15) is 0 Å². The van der Waals surface area contributed by atoms with E-state index < -0.39 is 6.69 Å². The molecule has 0 aromatic carbocycles. The molecule has 0 aromatic rings. The van der Waals surface area contributed by atoms with Gasteiger partial charge in [-0.3, -0.25) is 12.2 Å². The van der Waals surface area contributed by atoms with Crippen molar-refractivity contribution in [2.75, 3.05) is 0 Å². The van der Waals surface area contributed by atoms with Gasteiger partial charge in [0.2, 0.25) is 6.69 Å². The molecule has 2 aliphatic rings. The minimum Gasteiger partial charge on any atom is -0.270 e. The van der Waals surface area contributed by atoms with Gasteiger partial charge in [0.05, 0.1) is 0 Å². The topological polar surface area (TPSA) is 0 Å². The molecule has 0 spiro atoms. The molecule has 0 saturated carbocycles. The molecule has 0 amide bonds. The molecule has 2 rings (SSSR count). The Morgan fingerprint density at radius 2 is 1.10 bits per heavy atom. The van der Waals surface area contributed by atoms with Crippen molar-refractivity contribution in [2.24, 2.45) is 0 Å². The standard InChI is InChI=1S/2C7H9.C2H6Cl2Si.Ti/c2*1-6-3-4-7(2)5-6;1-5(2,3)4;/h2*5H,3H2,1-2H3;1-2H3;/q2*-1;;+2. The van der Waals surface area contributed by atoms with Crippen molar-refractivity contribution >= 4 is 28.9 Å². The minimum atomic E-state index is -1.67. The fourth-order valence-corrected chi connectivity index (χ4v) is 1.50. The van der Waals surface area contributed by atoms with Gasteiger partial charge in [-0.2, -0.15) is 11.1 Å². The molecule has 110 valence electrons. The van der Waals surface area contributed by atoms with Crippen LogP contribution in [0.4, 0.5) is 0 Å². The summed E-state index contributed by atoms with van der Waals surface area (Å²) in [5.41, 5.74) is 5.44. The molecular weight excluding hydrogens is 339 g/mol. The van der Waals surface area contributed by atoms with Gasteiger partial charge in [-0.25, -0.2) is 23.3 Å². The van der Waals surface area contributed by atoms with E-state index in [9.17, 15) is 0 Å². The molecule has 0 N–H and O–H groups in total. The zero-order valence-electron chi connectivity index (χ0n) is 13.3. The summed E-state index contributed by atoms with van der Waals surface area (Å²) in [5.74, 6) is 0. The van der Waals surface area contributed by atoms with E-state index in [2.05, 4.69) is 52.0 Å². The molecule has 0 aliphatic heterocycles. The quantitative estimate of drug-likeness (QED) is 0.268. The molecule has 0 aromatic heterocycles. The number of hydrogen-bond acceptors (Lipinski definition) is 0. The average Bonchev–Trinajstić information content (AvgIpc) is 2.74. The Morgan fingerprint density at radius 1 is 0.850 bits per heavy atom. The van der Waals surface area contributed by atoms with Crippen LogP contribution in [-0.2, 0) is 21.7 Å². The van der Waals surface area contributed by atoms with Crippen LogP contribution in [0.1, 0.15) is 40.5 Å². The summed E-state index contributed by atoms with van der Waals surface area (Å²) in [6, 6.07) is 0. The molecule has 0 bridgehead atoms. The molecule has 0 atom stereocenters. The molecule has 20 heavy (non-hydrogen) atoms. The Morgan fingerprint density at radius 3 is 1.15 bits per heavy atom. The molecule has 2 aliphatic carbocycles. The van der Waals surface area contributed by atoms with Crippen molar-refractivity contribution in [1.29, 1.82) is 0 Å². The maximum absolute atomic E-state index is 5.43. The number of halogens is 2. The van der Waals surface area contributed by atoms with Gasteiger partial charge in [-0.05, 0) is 13.1 Å². The van der Waals surface area contributed by atoms with E-state index in [1.807, 2.05) is 13.1 Å². The fourth-order valence-electron chi connectivity index (χ4n) is 1.50. The molecule has 0 heterocycles. The van der Waals surface area contributed by atoms with Crippen molar-refractivity contribution in [1.82, 2.24) is 0 Å². The van der Waals surface area contributed by atoms with Crippen LogP contribution in [0.15, 0.2) is 34.4 Å². The van der Waals surface area contributed by atoms with E-state index in [1.165, 1.54) is 22.3 Å². The van der Waals surface area contributed by atoms with Gasteiger partial charge >= 0.3 is 21.7 Å². The molecule has 0 nitrogen and oxygen atoms in total. The third-order valence-corrected chi connectivity index (χ3v) is 2.22.